The molecule has 8 heteroatoms. The molecular weight excluding hydrogens is 423 g/mol. The van der Waals surface area contributed by atoms with Crippen molar-refractivity contribution in [3.05, 3.63) is 70.1 Å². The molecule has 1 N–H and O–H groups in total. The van der Waals surface area contributed by atoms with E-state index in [0.29, 0.717) is 22.7 Å². The Morgan fingerprint density at radius 2 is 2.20 bits per heavy atom. The molecule has 3 aromatic rings. The van der Waals surface area contributed by atoms with Gasteiger partial charge in [-0.15, -0.1) is 4.72 Å². The van der Waals surface area contributed by atoms with E-state index in [2.05, 4.69) is 20.9 Å². The van der Waals surface area contributed by atoms with E-state index in [1.807, 2.05) is 31.2 Å². The molecule has 0 spiro atoms. The average molecular weight is 443 g/mol. The van der Waals surface area contributed by atoms with E-state index < -0.39 is 17.2 Å². The van der Waals surface area contributed by atoms with Gasteiger partial charge in [0.15, 0.2) is 0 Å². The SMILES string of the molecule is C#C/N=C\C=C/Cc1nn(-c2cc(F)c(CN[S+](C)[O-])cc2Cl)c2ccc(C)cc12. The maximum absolute atomic E-state index is 14.7. The van der Waals surface area contributed by atoms with Gasteiger partial charge in [-0.05, 0) is 31.2 Å². The number of aryl methyl sites for hydroxylation is 1. The summed E-state index contributed by atoms with van der Waals surface area (Å²) in [6.07, 6.45) is 12.3. The van der Waals surface area contributed by atoms with Crippen LogP contribution in [0.25, 0.3) is 16.6 Å². The fourth-order valence-electron chi connectivity index (χ4n) is 3.01. The highest BCUT2D eigenvalue weighted by molar-refractivity contribution is 7.88. The molecule has 0 aliphatic rings. The highest BCUT2D eigenvalue weighted by Crippen LogP contribution is 2.29. The van der Waals surface area contributed by atoms with Crippen LogP contribution >= 0.6 is 11.6 Å². The number of benzene rings is 2. The number of aromatic nitrogens is 2. The number of terminal acetylenes is 1. The van der Waals surface area contributed by atoms with E-state index >= 15 is 0 Å². The lowest BCUT2D eigenvalue weighted by Gasteiger charge is -2.11. The van der Waals surface area contributed by atoms with E-state index in [-0.39, 0.29) is 6.54 Å². The maximum Gasteiger partial charge on any atom is 0.130 e. The second kappa shape index (κ2) is 9.92. The van der Waals surface area contributed by atoms with Crippen LogP contribution in [0, 0.1) is 25.2 Å². The highest BCUT2D eigenvalue weighted by atomic mass is 35.5. The molecule has 5 nitrogen and oxygen atoms in total. The normalized spacial score (nSPS) is 12.8. The van der Waals surface area contributed by atoms with E-state index in [9.17, 15) is 8.94 Å². The molecule has 0 aliphatic carbocycles. The largest absolute Gasteiger partial charge is 0.598 e. The van der Waals surface area contributed by atoms with Crippen molar-refractivity contribution in [2.75, 3.05) is 6.26 Å². The number of halogens is 2. The second-order valence-electron chi connectivity index (χ2n) is 6.59. The molecule has 2 aromatic carbocycles. The van der Waals surface area contributed by atoms with Gasteiger partial charge in [0.05, 0.1) is 28.5 Å². The molecule has 154 valence electrons. The number of hydrogen-bond donors (Lipinski definition) is 1. The van der Waals surface area contributed by atoms with Crippen LogP contribution in [-0.4, -0.2) is 26.8 Å². The second-order valence-corrected chi connectivity index (χ2v) is 8.19. The van der Waals surface area contributed by atoms with Gasteiger partial charge in [0.2, 0.25) is 0 Å². The van der Waals surface area contributed by atoms with Crippen LogP contribution in [0.3, 0.4) is 0 Å². The van der Waals surface area contributed by atoms with Gasteiger partial charge in [-0.1, -0.05) is 35.7 Å². The number of nitrogens with one attached hydrogen (secondary N) is 1. The van der Waals surface area contributed by atoms with Crippen LogP contribution in [-0.2, 0) is 24.3 Å². The number of hydrogen-bond acceptors (Lipinski definition) is 4. The van der Waals surface area contributed by atoms with Crippen molar-refractivity contribution in [1.29, 1.82) is 0 Å². The van der Waals surface area contributed by atoms with Crippen LogP contribution in [0.4, 0.5) is 4.39 Å². The van der Waals surface area contributed by atoms with E-state index in [1.165, 1.54) is 24.6 Å². The van der Waals surface area contributed by atoms with Crippen molar-refractivity contribution in [3.8, 4) is 18.2 Å². The predicted molar refractivity (Wildman–Crippen MR) is 122 cm³/mol. The third kappa shape index (κ3) is 5.10. The molecule has 1 atom stereocenters. The number of aliphatic imine (C=N–C) groups is 1. The molecule has 0 saturated heterocycles. The maximum atomic E-state index is 14.7. The quantitative estimate of drug-likeness (QED) is 0.337. The zero-order valence-corrected chi connectivity index (χ0v) is 18.1. The summed E-state index contributed by atoms with van der Waals surface area (Å²) in [6, 6.07) is 11.0. The lowest BCUT2D eigenvalue weighted by molar-refractivity contribution is 0.578. The Hall–Kier alpha value is -2.63. The topological polar surface area (TPSA) is 65.3 Å². The van der Waals surface area contributed by atoms with Crippen LogP contribution in [0.2, 0.25) is 5.02 Å². The molecule has 30 heavy (non-hydrogen) atoms. The molecule has 0 amide bonds. The summed E-state index contributed by atoms with van der Waals surface area (Å²) in [6.45, 7) is 2.12. The van der Waals surface area contributed by atoms with Gasteiger partial charge in [0.1, 0.15) is 12.1 Å². The Bertz CT molecular complexity index is 1160. The predicted octanol–water partition coefficient (Wildman–Crippen LogP) is 4.27. The molecular formula is C22H20ClFN4OS. The van der Waals surface area contributed by atoms with Crippen LogP contribution in [0.15, 0.2) is 47.5 Å². The first-order valence-electron chi connectivity index (χ1n) is 9.08. The summed E-state index contributed by atoms with van der Waals surface area (Å²) in [5, 5.41) is 6.00. The Kier molecular flexibility index (Phi) is 7.29. The molecule has 3 rings (SSSR count). The Balaban J connectivity index is 2.04. The van der Waals surface area contributed by atoms with Gasteiger partial charge in [-0.3, -0.25) is 0 Å². The molecule has 1 aromatic heterocycles. The number of nitrogens with zero attached hydrogens (tertiary/aromatic N) is 3. The van der Waals surface area contributed by atoms with Gasteiger partial charge in [0, 0.05) is 47.1 Å². The van der Waals surface area contributed by atoms with Crippen molar-refractivity contribution in [2.45, 2.75) is 19.9 Å². The third-order valence-corrected chi connectivity index (χ3v) is 5.26. The van der Waals surface area contributed by atoms with Gasteiger partial charge < -0.3 is 4.55 Å². The van der Waals surface area contributed by atoms with Crippen LogP contribution in [0.5, 0.6) is 0 Å². The molecule has 1 unspecified atom stereocenters. The zero-order valence-electron chi connectivity index (χ0n) is 16.5. The lowest BCUT2D eigenvalue weighted by Crippen LogP contribution is -2.22. The lowest BCUT2D eigenvalue weighted by atomic mass is 10.1. The summed E-state index contributed by atoms with van der Waals surface area (Å²) in [5.74, 6) is -0.449. The van der Waals surface area contributed by atoms with E-state index in [0.717, 1.165) is 22.2 Å². The van der Waals surface area contributed by atoms with Crippen molar-refractivity contribution >= 4 is 40.1 Å². The van der Waals surface area contributed by atoms with Crippen LogP contribution in [0.1, 0.15) is 16.8 Å². The first-order chi connectivity index (χ1) is 14.4. The van der Waals surface area contributed by atoms with Gasteiger partial charge >= 0.3 is 0 Å². The van der Waals surface area contributed by atoms with Crippen molar-refractivity contribution in [1.82, 2.24) is 14.5 Å². The summed E-state index contributed by atoms with van der Waals surface area (Å²) >= 11 is 5.22. The first-order valence-corrected chi connectivity index (χ1v) is 11.0. The molecule has 0 aliphatic heterocycles. The highest BCUT2D eigenvalue weighted by Gasteiger charge is 2.16. The fourth-order valence-corrected chi connectivity index (χ4v) is 3.63. The first kappa shape index (κ1) is 22.1. The minimum absolute atomic E-state index is 0.114. The Morgan fingerprint density at radius 1 is 1.40 bits per heavy atom. The van der Waals surface area contributed by atoms with Gasteiger partial charge in [-0.25, -0.2) is 14.1 Å². The van der Waals surface area contributed by atoms with Crippen molar-refractivity contribution in [3.63, 3.8) is 0 Å². The van der Waals surface area contributed by atoms with E-state index in [1.54, 1.807) is 10.8 Å². The zero-order chi connectivity index (χ0) is 21.7. The van der Waals surface area contributed by atoms with Crippen LogP contribution < -0.4 is 4.72 Å². The third-order valence-electron chi connectivity index (χ3n) is 4.40. The standard InChI is InChI=1S/C22H20ClFN4OS/c1-4-25-10-6-5-7-20-17-11-15(2)8-9-21(17)28(27-20)22-13-19(24)16(12-18(22)23)14-26-30(3)29/h1,5-6,8-13,26H,7,14H2,2-3H3/b6-5-,25-10-. The number of fused-ring (bicyclic) bond motifs is 1. The summed E-state index contributed by atoms with van der Waals surface area (Å²) in [5.41, 5.74) is 3.51. The smallest absolute Gasteiger partial charge is 0.130 e. The van der Waals surface area contributed by atoms with Crippen molar-refractivity contribution < 1.29 is 8.94 Å². The van der Waals surface area contributed by atoms with Gasteiger partial charge in [-0.2, -0.15) is 5.10 Å². The molecule has 0 fully saturated rings. The van der Waals surface area contributed by atoms with Crippen molar-refractivity contribution in [2.24, 2.45) is 4.99 Å². The minimum atomic E-state index is -1.25. The van der Waals surface area contributed by atoms with E-state index in [4.69, 9.17) is 18.0 Å². The Morgan fingerprint density at radius 3 is 2.93 bits per heavy atom. The molecule has 1 heterocycles. The molecule has 0 bridgehead atoms. The molecule has 0 saturated carbocycles. The minimum Gasteiger partial charge on any atom is -0.598 e. The summed E-state index contributed by atoms with van der Waals surface area (Å²) < 4.78 is 30.2. The number of rotatable bonds is 7. The fraction of sp³-hybridized carbons (Fsp3) is 0.182. The number of allylic oxidation sites excluding steroid dienone is 2. The monoisotopic (exact) mass is 442 g/mol. The average Bonchev–Trinajstić information content (AvgIpc) is 3.05. The molecule has 0 radical (unpaired) electrons. The Labute approximate surface area is 183 Å². The summed E-state index contributed by atoms with van der Waals surface area (Å²) in [7, 11) is 0. The summed E-state index contributed by atoms with van der Waals surface area (Å²) in [4.78, 5) is 3.69. The van der Waals surface area contributed by atoms with Gasteiger partial charge in [0.25, 0.3) is 0 Å².